The van der Waals surface area contributed by atoms with Gasteiger partial charge in [-0.1, -0.05) is 29.8 Å². The molecule has 4 rings (SSSR count). The highest BCUT2D eigenvalue weighted by Crippen LogP contribution is 2.25. The van der Waals surface area contributed by atoms with Crippen molar-refractivity contribution in [2.24, 2.45) is 0 Å². The monoisotopic (exact) mass is 479 g/mol. The van der Waals surface area contributed by atoms with Crippen LogP contribution in [0.1, 0.15) is 10.4 Å². The summed E-state index contributed by atoms with van der Waals surface area (Å²) in [6.45, 7) is 2.52. The molecule has 0 aliphatic carbocycles. The number of halogens is 1. The number of amides is 2. The number of carbonyl (C=O) groups is 2. The van der Waals surface area contributed by atoms with E-state index in [9.17, 15) is 9.59 Å². The minimum Gasteiger partial charge on any atom is -0.496 e. The first kappa shape index (κ1) is 23.4. The van der Waals surface area contributed by atoms with Gasteiger partial charge in [0.25, 0.3) is 11.8 Å². The van der Waals surface area contributed by atoms with E-state index in [1.54, 1.807) is 37.4 Å². The third kappa shape index (κ3) is 5.80. The zero-order valence-corrected chi connectivity index (χ0v) is 19.6. The second-order valence-corrected chi connectivity index (χ2v) is 8.26. The van der Waals surface area contributed by atoms with Gasteiger partial charge in [0, 0.05) is 42.6 Å². The molecule has 2 amide bonds. The van der Waals surface area contributed by atoms with Crippen molar-refractivity contribution >= 4 is 34.8 Å². The van der Waals surface area contributed by atoms with Gasteiger partial charge in [0.05, 0.1) is 12.7 Å². The van der Waals surface area contributed by atoms with Crippen molar-refractivity contribution in [2.75, 3.05) is 50.1 Å². The molecule has 1 heterocycles. The Hall–Kier alpha value is -3.71. The maximum absolute atomic E-state index is 13.0. The van der Waals surface area contributed by atoms with Crippen LogP contribution in [0.2, 0.25) is 5.02 Å². The van der Waals surface area contributed by atoms with Gasteiger partial charge in [-0.25, -0.2) is 0 Å². The first-order valence-corrected chi connectivity index (χ1v) is 11.4. The number of methoxy groups -OCH3 is 1. The summed E-state index contributed by atoms with van der Waals surface area (Å²) in [5.74, 6) is 0.859. The number of carbonyl (C=O) groups excluding carboxylic acids is 2. The van der Waals surface area contributed by atoms with Crippen LogP contribution in [0, 0.1) is 0 Å². The minimum absolute atomic E-state index is 0.0564. The van der Waals surface area contributed by atoms with Gasteiger partial charge in [0.1, 0.15) is 11.5 Å². The maximum Gasteiger partial charge on any atom is 0.262 e. The molecule has 0 unspecified atom stereocenters. The zero-order chi connectivity index (χ0) is 23.9. The fraction of sp³-hybridized carbons (Fsp3) is 0.231. The molecule has 3 aromatic carbocycles. The van der Waals surface area contributed by atoms with Crippen LogP contribution in [0.15, 0.2) is 72.8 Å². The summed E-state index contributed by atoms with van der Waals surface area (Å²) in [6, 6.07) is 21.9. The third-order valence-electron chi connectivity index (χ3n) is 5.59. The molecule has 1 aliphatic rings. The van der Waals surface area contributed by atoms with Crippen LogP contribution in [0.4, 0.5) is 11.4 Å². The molecule has 1 N–H and O–H groups in total. The zero-order valence-electron chi connectivity index (χ0n) is 18.9. The first-order valence-electron chi connectivity index (χ1n) is 11.0. The van der Waals surface area contributed by atoms with Crippen LogP contribution in [0.3, 0.4) is 0 Å². The second kappa shape index (κ2) is 10.9. The van der Waals surface area contributed by atoms with Crippen LogP contribution >= 0.6 is 11.6 Å². The topological polar surface area (TPSA) is 71.1 Å². The van der Waals surface area contributed by atoms with E-state index < -0.39 is 0 Å². The first-order chi connectivity index (χ1) is 16.5. The largest absolute Gasteiger partial charge is 0.496 e. The van der Waals surface area contributed by atoms with Crippen molar-refractivity contribution in [3.8, 4) is 11.5 Å². The second-order valence-electron chi connectivity index (χ2n) is 7.82. The molecule has 7 nitrogen and oxygen atoms in total. The van der Waals surface area contributed by atoms with Gasteiger partial charge in [0.15, 0.2) is 6.61 Å². The molecular weight excluding hydrogens is 454 g/mol. The number of ether oxygens (including phenoxy) is 2. The predicted octanol–water partition coefficient (Wildman–Crippen LogP) is 4.33. The molecule has 1 fully saturated rings. The number of nitrogens with zero attached hydrogens (tertiary/aromatic N) is 2. The highest BCUT2D eigenvalue weighted by Gasteiger charge is 2.24. The molecular formula is C26H26ClN3O4. The Morgan fingerprint density at radius 3 is 2.32 bits per heavy atom. The van der Waals surface area contributed by atoms with E-state index in [1.807, 2.05) is 47.4 Å². The summed E-state index contributed by atoms with van der Waals surface area (Å²) < 4.78 is 10.8. The summed E-state index contributed by atoms with van der Waals surface area (Å²) >= 11 is 6.08. The van der Waals surface area contributed by atoms with E-state index in [0.717, 1.165) is 5.69 Å². The van der Waals surface area contributed by atoms with Crippen LogP contribution in [-0.2, 0) is 4.79 Å². The molecule has 1 saturated heterocycles. The fourth-order valence-electron chi connectivity index (χ4n) is 3.80. The standard InChI is InChI=1S/C26H26ClN3O4/c1-33-24-12-7-19(27)17-23(24)26(32)30-15-13-29(14-16-30)21-10-8-20(9-11-21)28-25(31)18-34-22-5-3-2-4-6-22/h2-12,17H,13-16,18H2,1H3,(H,28,31). The van der Waals surface area contributed by atoms with Gasteiger partial charge in [-0.15, -0.1) is 0 Å². The Bertz CT molecular complexity index is 1130. The predicted molar refractivity (Wildman–Crippen MR) is 133 cm³/mol. The number of hydrogen-bond donors (Lipinski definition) is 1. The average molecular weight is 480 g/mol. The number of nitrogens with one attached hydrogen (secondary N) is 1. The molecule has 3 aromatic rings. The molecule has 0 saturated carbocycles. The maximum atomic E-state index is 13.0. The molecule has 176 valence electrons. The summed E-state index contributed by atoms with van der Waals surface area (Å²) in [5.41, 5.74) is 2.21. The summed E-state index contributed by atoms with van der Waals surface area (Å²) in [5, 5.41) is 3.34. The SMILES string of the molecule is COc1ccc(Cl)cc1C(=O)N1CCN(c2ccc(NC(=O)COc3ccccc3)cc2)CC1. The molecule has 0 bridgehead atoms. The smallest absolute Gasteiger partial charge is 0.262 e. The molecule has 8 heteroatoms. The van der Waals surface area contributed by atoms with Gasteiger partial charge in [-0.05, 0) is 54.6 Å². The molecule has 0 aromatic heterocycles. The van der Waals surface area contributed by atoms with E-state index in [2.05, 4.69) is 10.2 Å². The van der Waals surface area contributed by atoms with E-state index in [-0.39, 0.29) is 18.4 Å². The van der Waals surface area contributed by atoms with E-state index >= 15 is 0 Å². The van der Waals surface area contributed by atoms with Crippen LogP contribution in [0.5, 0.6) is 11.5 Å². The number of anilines is 2. The molecule has 1 aliphatic heterocycles. The number of rotatable bonds is 7. The van der Waals surface area contributed by atoms with Crippen molar-refractivity contribution in [1.82, 2.24) is 4.90 Å². The van der Waals surface area contributed by atoms with Crippen LogP contribution in [0.25, 0.3) is 0 Å². The van der Waals surface area contributed by atoms with Crippen molar-refractivity contribution in [3.63, 3.8) is 0 Å². The van der Waals surface area contributed by atoms with Gasteiger partial charge in [-0.2, -0.15) is 0 Å². The molecule has 0 atom stereocenters. The lowest BCUT2D eigenvalue weighted by atomic mass is 10.1. The summed E-state index contributed by atoms with van der Waals surface area (Å²) in [4.78, 5) is 29.2. The van der Waals surface area contributed by atoms with Gasteiger partial charge in [-0.3, -0.25) is 9.59 Å². The highest BCUT2D eigenvalue weighted by atomic mass is 35.5. The highest BCUT2D eigenvalue weighted by molar-refractivity contribution is 6.31. The lowest BCUT2D eigenvalue weighted by Gasteiger charge is -2.36. The third-order valence-corrected chi connectivity index (χ3v) is 5.82. The quantitative estimate of drug-likeness (QED) is 0.546. The number of piperazine rings is 1. The lowest BCUT2D eigenvalue weighted by Crippen LogP contribution is -2.48. The van der Waals surface area contributed by atoms with Crippen molar-refractivity contribution < 1.29 is 19.1 Å². The van der Waals surface area contributed by atoms with Crippen LogP contribution in [-0.4, -0.2) is 56.6 Å². The van der Waals surface area contributed by atoms with Crippen molar-refractivity contribution in [1.29, 1.82) is 0 Å². The number of hydrogen-bond acceptors (Lipinski definition) is 5. The Balaban J connectivity index is 1.29. The van der Waals surface area contributed by atoms with Crippen molar-refractivity contribution in [3.05, 3.63) is 83.4 Å². The van der Waals surface area contributed by atoms with Gasteiger partial charge in [0.2, 0.25) is 0 Å². The lowest BCUT2D eigenvalue weighted by molar-refractivity contribution is -0.118. The number of para-hydroxylation sites is 1. The Morgan fingerprint density at radius 1 is 0.941 bits per heavy atom. The normalized spacial score (nSPS) is 13.4. The summed E-state index contributed by atoms with van der Waals surface area (Å²) in [6.07, 6.45) is 0. The van der Waals surface area contributed by atoms with Gasteiger partial charge < -0.3 is 24.6 Å². The minimum atomic E-state index is -0.222. The Morgan fingerprint density at radius 2 is 1.65 bits per heavy atom. The Kier molecular flexibility index (Phi) is 7.54. The van der Waals surface area contributed by atoms with Crippen LogP contribution < -0.4 is 19.7 Å². The Labute approximate surface area is 203 Å². The number of benzene rings is 3. The molecule has 0 spiro atoms. The van der Waals surface area contributed by atoms with Gasteiger partial charge >= 0.3 is 0 Å². The van der Waals surface area contributed by atoms with Crippen molar-refractivity contribution in [2.45, 2.75) is 0 Å². The fourth-order valence-corrected chi connectivity index (χ4v) is 3.98. The average Bonchev–Trinajstić information content (AvgIpc) is 2.88. The molecule has 0 radical (unpaired) electrons. The van der Waals surface area contributed by atoms with E-state index in [4.69, 9.17) is 21.1 Å². The van der Waals surface area contributed by atoms with E-state index in [1.165, 1.54) is 0 Å². The molecule has 34 heavy (non-hydrogen) atoms. The van der Waals surface area contributed by atoms with E-state index in [0.29, 0.717) is 54.0 Å². The summed E-state index contributed by atoms with van der Waals surface area (Å²) in [7, 11) is 1.54.